The SMILES string of the molecule is O=C(CCCCl)NC(=S)Nc1ccc2[nH]c(=O)[nH]c2c1. The number of rotatable bonds is 4. The lowest BCUT2D eigenvalue weighted by atomic mass is 10.3. The number of H-pyrrole nitrogens is 2. The molecular weight excluding hydrogens is 300 g/mol. The van der Waals surface area contributed by atoms with Gasteiger partial charge in [0.1, 0.15) is 0 Å². The van der Waals surface area contributed by atoms with E-state index >= 15 is 0 Å². The molecule has 0 fully saturated rings. The van der Waals surface area contributed by atoms with Crippen LogP contribution in [0.5, 0.6) is 0 Å². The van der Waals surface area contributed by atoms with Gasteiger partial charge in [0, 0.05) is 18.0 Å². The summed E-state index contributed by atoms with van der Waals surface area (Å²) in [5.74, 6) is 0.254. The highest BCUT2D eigenvalue weighted by Crippen LogP contribution is 2.14. The van der Waals surface area contributed by atoms with Crippen molar-refractivity contribution >= 4 is 51.6 Å². The van der Waals surface area contributed by atoms with Crippen molar-refractivity contribution in [2.75, 3.05) is 11.2 Å². The molecule has 2 rings (SSSR count). The van der Waals surface area contributed by atoms with E-state index in [0.29, 0.717) is 35.4 Å². The zero-order valence-corrected chi connectivity index (χ0v) is 12.0. The molecule has 1 amide bonds. The van der Waals surface area contributed by atoms with Crippen LogP contribution in [-0.2, 0) is 4.79 Å². The van der Waals surface area contributed by atoms with Gasteiger partial charge in [-0.3, -0.25) is 4.79 Å². The fourth-order valence-electron chi connectivity index (χ4n) is 1.69. The Balaban J connectivity index is 1.98. The Bertz CT molecular complexity index is 694. The van der Waals surface area contributed by atoms with Gasteiger partial charge in [-0.2, -0.15) is 0 Å². The van der Waals surface area contributed by atoms with E-state index in [0.717, 1.165) is 0 Å². The molecule has 0 saturated carbocycles. The Morgan fingerprint density at radius 2 is 2.05 bits per heavy atom. The van der Waals surface area contributed by atoms with Crippen LogP contribution in [0.15, 0.2) is 23.0 Å². The van der Waals surface area contributed by atoms with Gasteiger partial charge in [-0.05, 0) is 36.8 Å². The quantitative estimate of drug-likeness (QED) is 0.511. The predicted molar refractivity (Wildman–Crippen MR) is 83.2 cm³/mol. The Hall–Kier alpha value is -1.86. The summed E-state index contributed by atoms with van der Waals surface area (Å²) in [7, 11) is 0. The minimum absolute atomic E-state index is 0.181. The Kier molecular flexibility index (Phi) is 4.75. The Morgan fingerprint density at radius 3 is 2.80 bits per heavy atom. The topological polar surface area (TPSA) is 89.8 Å². The van der Waals surface area contributed by atoms with E-state index in [1.807, 2.05) is 0 Å². The second-order valence-corrected chi connectivity index (χ2v) is 4.92. The number of aromatic nitrogens is 2. The van der Waals surface area contributed by atoms with Gasteiger partial charge in [0.05, 0.1) is 11.0 Å². The third-order valence-electron chi connectivity index (χ3n) is 2.56. The molecule has 106 valence electrons. The van der Waals surface area contributed by atoms with Crippen molar-refractivity contribution in [3.63, 3.8) is 0 Å². The van der Waals surface area contributed by atoms with Crippen LogP contribution in [0.1, 0.15) is 12.8 Å². The minimum Gasteiger partial charge on any atom is -0.332 e. The smallest absolute Gasteiger partial charge is 0.323 e. The van der Waals surface area contributed by atoms with Crippen molar-refractivity contribution in [1.29, 1.82) is 0 Å². The molecule has 2 aromatic rings. The van der Waals surface area contributed by atoms with Crippen LogP contribution in [0.4, 0.5) is 5.69 Å². The summed E-state index contributed by atoms with van der Waals surface area (Å²) in [6, 6.07) is 5.22. The molecule has 6 nitrogen and oxygen atoms in total. The van der Waals surface area contributed by atoms with E-state index < -0.39 is 0 Å². The molecule has 0 unspecified atom stereocenters. The van der Waals surface area contributed by atoms with E-state index in [2.05, 4.69) is 20.6 Å². The summed E-state index contributed by atoms with van der Waals surface area (Å²) in [6.07, 6.45) is 0.933. The number of aromatic amines is 2. The zero-order chi connectivity index (χ0) is 14.5. The number of fused-ring (bicyclic) bond motifs is 1. The van der Waals surface area contributed by atoms with Crippen molar-refractivity contribution in [3.05, 3.63) is 28.7 Å². The summed E-state index contributed by atoms with van der Waals surface area (Å²) in [6.45, 7) is 0. The van der Waals surface area contributed by atoms with Crippen molar-refractivity contribution in [2.24, 2.45) is 0 Å². The first kappa shape index (κ1) is 14.5. The number of amides is 1. The summed E-state index contributed by atoms with van der Waals surface area (Å²) in [5.41, 5.74) is 1.78. The van der Waals surface area contributed by atoms with Crippen LogP contribution in [0, 0.1) is 0 Å². The molecule has 0 aliphatic heterocycles. The van der Waals surface area contributed by atoms with Gasteiger partial charge in [-0.15, -0.1) is 11.6 Å². The van der Waals surface area contributed by atoms with Crippen molar-refractivity contribution in [1.82, 2.24) is 15.3 Å². The van der Waals surface area contributed by atoms with Crippen LogP contribution < -0.4 is 16.3 Å². The Morgan fingerprint density at radius 1 is 1.30 bits per heavy atom. The van der Waals surface area contributed by atoms with Crippen LogP contribution in [-0.4, -0.2) is 26.9 Å². The maximum atomic E-state index is 11.5. The lowest BCUT2D eigenvalue weighted by molar-refractivity contribution is -0.119. The number of hydrogen-bond donors (Lipinski definition) is 4. The van der Waals surface area contributed by atoms with Crippen molar-refractivity contribution < 1.29 is 4.79 Å². The number of carbonyl (C=O) groups is 1. The highest BCUT2D eigenvalue weighted by molar-refractivity contribution is 7.80. The molecule has 1 aromatic carbocycles. The molecule has 0 saturated heterocycles. The first-order valence-electron chi connectivity index (χ1n) is 5.97. The first-order valence-corrected chi connectivity index (χ1v) is 6.91. The molecule has 0 radical (unpaired) electrons. The van der Waals surface area contributed by atoms with Gasteiger partial charge in [0.25, 0.3) is 0 Å². The molecule has 1 heterocycles. The highest BCUT2D eigenvalue weighted by Gasteiger charge is 2.05. The average Bonchev–Trinajstić information content (AvgIpc) is 2.75. The average molecular weight is 313 g/mol. The molecule has 20 heavy (non-hydrogen) atoms. The maximum absolute atomic E-state index is 11.5. The molecule has 8 heteroatoms. The number of imidazole rings is 1. The van der Waals surface area contributed by atoms with Gasteiger partial charge in [-0.1, -0.05) is 0 Å². The molecular formula is C12H13ClN4O2S. The van der Waals surface area contributed by atoms with Crippen molar-refractivity contribution in [2.45, 2.75) is 12.8 Å². The summed E-state index contributed by atoms with van der Waals surface area (Å²) in [5, 5.41) is 5.65. The van der Waals surface area contributed by atoms with E-state index in [-0.39, 0.29) is 16.7 Å². The van der Waals surface area contributed by atoms with Gasteiger partial charge >= 0.3 is 5.69 Å². The number of halogens is 1. The summed E-state index contributed by atoms with van der Waals surface area (Å²) in [4.78, 5) is 27.9. The summed E-state index contributed by atoms with van der Waals surface area (Å²) < 4.78 is 0. The van der Waals surface area contributed by atoms with Crippen LogP contribution in [0.25, 0.3) is 11.0 Å². The van der Waals surface area contributed by atoms with Crippen molar-refractivity contribution in [3.8, 4) is 0 Å². The second-order valence-electron chi connectivity index (χ2n) is 4.13. The summed E-state index contributed by atoms with van der Waals surface area (Å²) >= 11 is 10.5. The lowest BCUT2D eigenvalue weighted by Gasteiger charge is -2.09. The number of alkyl halides is 1. The van der Waals surface area contributed by atoms with E-state index in [9.17, 15) is 9.59 Å². The van der Waals surface area contributed by atoms with Gasteiger partial charge in [-0.25, -0.2) is 4.79 Å². The lowest BCUT2D eigenvalue weighted by Crippen LogP contribution is -2.33. The van der Waals surface area contributed by atoms with E-state index in [1.165, 1.54) is 0 Å². The molecule has 1 aromatic heterocycles. The van der Waals surface area contributed by atoms with Crippen LogP contribution >= 0.6 is 23.8 Å². The van der Waals surface area contributed by atoms with Gasteiger partial charge in [0.15, 0.2) is 5.11 Å². The van der Waals surface area contributed by atoms with E-state index in [4.69, 9.17) is 23.8 Å². The third-order valence-corrected chi connectivity index (χ3v) is 3.04. The maximum Gasteiger partial charge on any atom is 0.323 e. The molecule has 0 atom stereocenters. The van der Waals surface area contributed by atoms with Gasteiger partial charge < -0.3 is 20.6 Å². The number of hydrogen-bond acceptors (Lipinski definition) is 3. The number of benzene rings is 1. The molecule has 0 aliphatic rings. The number of nitrogens with one attached hydrogen (secondary N) is 4. The standard InChI is InChI=1S/C12H13ClN4O2S/c13-5-1-2-10(18)17-12(20)14-7-3-4-8-9(6-7)16-11(19)15-8/h3-4,6H,1-2,5H2,(H2,15,16,19)(H2,14,17,18,20). The monoisotopic (exact) mass is 312 g/mol. The van der Waals surface area contributed by atoms with Gasteiger partial charge in [0.2, 0.25) is 5.91 Å². The zero-order valence-electron chi connectivity index (χ0n) is 10.5. The minimum atomic E-state index is -0.269. The number of thiocarbonyl (C=S) groups is 1. The van der Waals surface area contributed by atoms with E-state index in [1.54, 1.807) is 18.2 Å². The molecule has 4 N–H and O–H groups in total. The number of carbonyl (C=O) groups excluding carboxylic acids is 1. The normalized spacial score (nSPS) is 10.4. The fraction of sp³-hybridized carbons (Fsp3) is 0.250. The molecule has 0 bridgehead atoms. The van der Waals surface area contributed by atoms with Crippen LogP contribution in [0.3, 0.4) is 0 Å². The molecule has 0 aliphatic carbocycles. The number of anilines is 1. The molecule has 0 spiro atoms. The third kappa shape index (κ3) is 3.82. The first-order chi connectivity index (χ1) is 9.58. The fourth-order valence-corrected chi connectivity index (χ4v) is 2.05. The second kappa shape index (κ2) is 6.53. The highest BCUT2D eigenvalue weighted by atomic mass is 35.5. The van der Waals surface area contributed by atoms with Crippen LogP contribution in [0.2, 0.25) is 0 Å². The largest absolute Gasteiger partial charge is 0.332 e. The Labute approximate surface area is 124 Å². The predicted octanol–water partition coefficient (Wildman–Crippen LogP) is 1.69.